The van der Waals surface area contributed by atoms with Crippen LogP contribution in [0.25, 0.3) is 0 Å². The monoisotopic (exact) mass is 352 g/mol. The van der Waals surface area contributed by atoms with Crippen molar-refractivity contribution in [3.05, 3.63) is 71.3 Å². The molecule has 2 atom stereocenters. The first-order valence-corrected chi connectivity index (χ1v) is 8.46. The third-order valence-electron chi connectivity index (χ3n) is 3.64. The molecule has 0 saturated carbocycles. The molecule has 0 radical (unpaired) electrons. The summed E-state index contributed by atoms with van der Waals surface area (Å²) in [4.78, 5) is 0. The van der Waals surface area contributed by atoms with Gasteiger partial charge in [-0.15, -0.1) is 0 Å². The summed E-state index contributed by atoms with van der Waals surface area (Å²) >= 11 is 0. The smallest absolute Gasteiger partial charge is 0.328 e. The van der Waals surface area contributed by atoms with Crippen molar-refractivity contribution in [2.75, 3.05) is 0 Å². The fourth-order valence-electron chi connectivity index (χ4n) is 2.42. The zero-order valence-corrected chi connectivity index (χ0v) is 14.8. The van der Waals surface area contributed by atoms with Crippen molar-refractivity contribution in [2.45, 2.75) is 51.4 Å². The molecule has 0 bridgehead atoms. The van der Waals surface area contributed by atoms with Gasteiger partial charge in [0.25, 0.3) is 0 Å². The van der Waals surface area contributed by atoms with Gasteiger partial charge >= 0.3 is 6.18 Å². The van der Waals surface area contributed by atoms with Gasteiger partial charge in [-0.25, -0.2) is 0 Å². The van der Waals surface area contributed by atoms with E-state index in [9.17, 15) is 13.2 Å². The highest BCUT2D eigenvalue weighted by atomic mass is 19.4. The molecule has 0 aromatic heterocycles. The largest absolute Gasteiger partial charge is 0.416 e. The summed E-state index contributed by atoms with van der Waals surface area (Å²) in [6.45, 7) is 3.92. The highest BCUT2D eigenvalue weighted by Crippen LogP contribution is 2.29. The molecule has 2 rings (SSSR count). The van der Waals surface area contributed by atoms with Crippen LogP contribution < -0.4 is 11.5 Å². The number of alkyl halides is 3. The summed E-state index contributed by atoms with van der Waals surface area (Å²) < 4.78 is 36.8. The maximum atomic E-state index is 12.3. The Hall–Kier alpha value is -1.85. The second-order valence-electron chi connectivity index (χ2n) is 6.19. The minimum Gasteiger partial charge on any atom is -0.328 e. The van der Waals surface area contributed by atoms with E-state index in [0.717, 1.165) is 25.0 Å². The first-order valence-electron chi connectivity index (χ1n) is 8.46. The van der Waals surface area contributed by atoms with Crippen molar-refractivity contribution in [3.63, 3.8) is 0 Å². The molecule has 5 heteroatoms. The minimum atomic E-state index is -4.27. The lowest BCUT2D eigenvalue weighted by Crippen LogP contribution is -2.18. The Labute approximate surface area is 148 Å². The average Bonchev–Trinajstić information content (AvgIpc) is 2.55. The van der Waals surface area contributed by atoms with Crippen LogP contribution in [-0.4, -0.2) is 6.04 Å². The van der Waals surface area contributed by atoms with Crippen LogP contribution in [0.4, 0.5) is 13.2 Å². The molecule has 2 aromatic rings. The molecule has 4 N–H and O–H groups in total. The number of hydrogen-bond donors (Lipinski definition) is 2. The van der Waals surface area contributed by atoms with E-state index < -0.39 is 11.7 Å². The van der Waals surface area contributed by atoms with Gasteiger partial charge in [-0.05, 0) is 37.0 Å². The summed E-state index contributed by atoms with van der Waals surface area (Å²) in [7, 11) is 0. The standard InChI is InChI=1S/C10H12F3N.C10H15N/c1-7(14)5-8-3-2-4-9(6-8)10(11,12)13;1-2-6-10(11)9-7-4-3-5-8-9/h2-4,6-7H,5,14H2,1H3;3-5,7-8,10H,2,6,11H2,1H3/t7-;10-/m01/s1. The van der Waals surface area contributed by atoms with E-state index in [0.29, 0.717) is 12.0 Å². The third kappa shape index (κ3) is 8.18. The Morgan fingerprint density at radius 3 is 2.12 bits per heavy atom. The summed E-state index contributed by atoms with van der Waals surface area (Å²) in [5.41, 5.74) is 12.7. The SMILES string of the molecule is CCC[C@@H](N)c1ccccc1.C[C@H](N)Cc1cccc(C(F)(F)F)c1. The van der Waals surface area contributed by atoms with Crippen molar-refractivity contribution < 1.29 is 13.2 Å². The van der Waals surface area contributed by atoms with Crippen LogP contribution in [0, 0.1) is 0 Å². The van der Waals surface area contributed by atoms with E-state index in [1.54, 1.807) is 13.0 Å². The molecule has 0 unspecified atom stereocenters. The number of nitrogens with two attached hydrogens (primary N) is 2. The normalized spacial score (nSPS) is 13.6. The van der Waals surface area contributed by atoms with E-state index >= 15 is 0 Å². The van der Waals surface area contributed by atoms with Crippen LogP contribution in [0.1, 0.15) is 49.4 Å². The second-order valence-corrected chi connectivity index (χ2v) is 6.19. The third-order valence-corrected chi connectivity index (χ3v) is 3.64. The number of rotatable bonds is 5. The van der Waals surface area contributed by atoms with E-state index in [2.05, 4.69) is 19.1 Å². The van der Waals surface area contributed by atoms with E-state index in [4.69, 9.17) is 11.5 Å². The first-order chi connectivity index (χ1) is 11.7. The molecule has 0 spiro atoms. The lowest BCUT2D eigenvalue weighted by Gasteiger charge is -2.09. The Bertz CT molecular complexity index is 610. The molecule has 0 aliphatic heterocycles. The van der Waals surface area contributed by atoms with Crippen LogP contribution in [0.5, 0.6) is 0 Å². The summed E-state index contributed by atoms with van der Waals surface area (Å²) in [5.74, 6) is 0. The Kier molecular flexibility index (Phi) is 8.66. The Morgan fingerprint density at radius 1 is 0.960 bits per heavy atom. The molecule has 0 saturated heterocycles. The molecule has 0 heterocycles. The minimum absolute atomic E-state index is 0.126. The molecule has 0 fully saturated rings. The number of hydrogen-bond acceptors (Lipinski definition) is 2. The quantitative estimate of drug-likeness (QED) is 0.788. The number of benzene rings is 2. The summed E-state index contributed by atoms with van der Waals surface area (Å²) in [6.07, 6.45) is -1.59. The van der Waals surface area contributed by atoms with Gasteiger partial charge in [0.2, 0.25) is 0 Å². The van der Waals surface area contributed by atoms with Crippen molar-refractivity contribution in [2.24, 2.45) is 11.5 Å². The van der Waals surface area contributed by atoms with Crippen LogP contribution >= 0.6 is 0 Å². The zero-order chi connectivity index (χ0) is 18.9. The highest BCUT2D eigenvalue weighted by molar-refractivity contribution is 5.26. The summed E-state index contributed by atoms with van der Waals surface area (Å²) in [5, 5.41) is 0. The van der Waals surface area contributed by atoms with Gasteiger partial charge in [-0.3, -0.25) is 0 Å². The topological polar surface area (TPSA) is 52.0 Å². The van der Waals surface area contributed by atoms with Gasteiger partial charge in [0.15, 0.2) is 0 Å². The molecule has 0 aliphatic carbocycles. The summed E-state index contributed by atoms with van der Waals surface area (Å²) in [6, 6.07) is 15.6. The highest BCUT2D eigenvalue weighted by Gasteiger charge is 2.30. The van der Waals surface area contributed by atoms with Crippen molar-refractivity contribution in [1.82, 2.24) is 0 Å². The lowest BCUT2D eigenvalue weighted by molar-refractivity contribution is -0.137. The average molecular weight is 352 g/mol. The molecule has 2 aromatic carbocycles. The maximum Gasteiger partial charge on any atom is 0.416 e. The van der Waals surface area contributed by atoms with Crippen LogP contribution in [-0.2, 0) is 12.6 Å². The molecule has 0 amide bonds. The molecule has 2 nitrogen and oxygen atoms in total. The fourth-order valence-corrected chi connectivity index (χ4v) is 2.42. The predicted octanol–water partition coefficient (Wildman–Crippen LogP) is 5.08. The molecular weight excluding hydrogens is 325 g/mol. The van der Waals surface area contributed by atoms with E-state index in [-0.39, 0.29) is 12.1 Å². The van der Waals surface area contributed by atoms with Crippen LogP contribution in [0.3, 0.4) is 0 Å². The van der Waals surface area contributed by atoms with Gasteiger partial charge < -0.3 is 11.5 Å². The maximum absolute atomic E-state index is 12.3. The second kappa shape index (κ2) is 10.2. The fraction of sp³-hybridized carbons (Fsp3) is 0.400. The Morgan fingerprint density at radius 2 is 1.60 bits per heavy atom. The van der Waals surface area contributed by atoms with E-state index in [1.165, 1.54) is 11.6 Å². The molecule has 25 heavy (non-hydrogen) atoms. The molecule has 138 valence electrons. The van der Waals surface area contributed by atoms with Crippen molar-refractivity contribution >= 4 is 0 Å². The van der Waals surface area contributed by atoms with Gasteiger partial charge in [-0.1, -0.05) is 61.9 Å². The van der Waals surface area contributed by atoms with Gasteiger partial charge in [0, 0.05) is 12.1 Å². The zero-order valence-electron chi connectivity index (χ0n) is 14.8. The lowest BCUT2D eigenvalue weighted by atomic mass is 10.0. The molecule has 0 aliphatic rings. The molecular formula is C20H27F3N2. The Balaban J connectivity index is 0.000000257. The van der Waals surface area contributed by atoms with Gasteiger partial charge in [0.1, 0.15) is 0 Å². The van der Waals surface area contributed by atoms with E-state index in [1.807, 2.05) is 18.2 Å². The van der Waals surface area contributed by atoms with Crippen LogP contribution in [0.2, 0.25) is 0 Å². The first kappa shape index (κ1) is 21.2. The predicted molar refractivity (Wildman–Crippen MR) is 97.1 cm³/mol. The van der Waals surface area contributed by atoms with Gasteiger partial charge in [0.05, 0.1) is 5.56 Å². The van der Waals surface area contributed by atoms with Crippen LogP contribution in [0.15, 0.2) is 54.6 Å². The number of halogens is 3. The van der Waals surface area contributed by atoms with Crippen molar-refractivity contribution in [3.8, 4) is 0 Å². The van der Waals surface area contributed by atoms with Crippen molar-refractivity contribution in [1.29, 1.82) is 0 Å². The van der Waals surface area contributed by atoms with Gasteiger partial charge in [-0.2, -0.15) is 13.2 Å².